The average molecular weight is 291 g/mol. The van der Waals surface area contributed by atoms with Crippen LogP contribution in [0.4, 0.5) is 13.2 Å². The molecule has 2 aromatic rings. The van der Waals surface area contributed by atoms with Crippen LogP contribution in [0.3, 0.4) is 0 Å². The minimum atomic E-state index is -5.65. The van der Waals surface area contributed by atoms with Gasteiger partial charge < -0.3 is 4.18 Å². The summed E-state index contributed by atoms with van der Waals surface area (Å²) in [5.74, 6) is -0.402. The van der Waals surface area contributed by atoms with Crippen LogP contribution in [0.1, 0.15) is 5.56 Å². The molecule has 0 aliphatic carbocycles. The highest BCUT2D eigenvalue weighted by molar-refractivity contribution is 7.88. The lowest BCUT2D eigenvalue weighted by Crippen LogP contribution is -2.28. The first kappa shape index (κ1) is 13.6. The first-order valence-corrected chi connectivity index (χ1v) is 6.48. The molecule has 0 fully saturated rings. The molecule has 0 radical (unpaired) electrons. The van der Waals surface area contributed by atoms with E-state index in [0.717, 1.165) is 11.6 Å². The molecule has 0 saturated heterocycles. The highest BCUT2D eigenvalue weighted by Gasteiger charge is 2.48. The molecule has 0 N–H and O–H groups in total. The zero-order valence-electron chi connectivity index (χ0n) is 9.60. The second-order valence-corrected chi connectivity index (χ2v) is 5.33. The summed E-state index contributed by atoms with van der Waals surface area (Å²) in [5, 5.41) is 0.525. The second-order valence-electron chi connectivity index (χ2n) is 3.79. The summed E-state index contributed by atoms with van der Waals surface area (Å²) >= 11 is 0. The number of rotatable bonds is 2. The normalized spacial score (nSPS) is 12.6. The van der Waals surface area contributed by atoms with E-state index < -0.39 is 21.4 Å². The van der Waals surface area contributed by atoms with E-state index in [9.17, 15) is 21.6 Å². The molecule has 1 heterocycles. The zero-order valence-corrected chi connectivity index (χ0v) is 10.4. The van der Waals surface area contributed by atoms with E-state index in [0.29, 0.717) is 10.9 Å². The van der Waals surface area contributed by atoms with Crippen molar-refractivity contribution in [2.75, 3.05) is 0 Å². The summed E-state index contributed by atoms with van der Waals surface area (Å²) in [5.41, 5.74) is -4.16. The van der Waals surface area contributed by atoms with Gasteiger partial charge in [0.15, 0.2) is 0 Å². The standard InChI is InChI=1S/C11H8F3NO3S/c1-7-4-5-15-10-3-2-8(6-9(7)10)18-19(16,17)11(12,13)14/h2-6H,1H3. The Balaban J connectivity index is 2.46. The maximum atomic E-state index is 12.2. The number of pyridine rings is 1. The van der Waals surface area contributed by atoms with Gasteiger partial charge in [-0.3, -0.25) is 4.98 Å². The minimum Gasteiger partial charge on any atom is -0.376 e. The van der Waals surface area contributed by atoms with Gasteiger partial charge in [-0.25, -0.2) is 0 Å². The molecule has 0 unspecified atom stereocenters. The van der Waals surface area contributed by atoms with E-state index in [1.54, 1.807) is 19.2 Å². The van der Waals surface area contributed by atoms with Crippen molar-refractivity contribution in [1.29, 1.82) is 0 Å². The molecule has 0 aliphatic rings. The first-order chi connectivity index (χ1) is 8.71. The lowest BCUT2D eigenvalue weighted by molar-refractivity contribution is -0.0500. The lowest BCUT2D eigenvalue weighted by atomic mass is 10.1. The number of fused-ring (bicyclic) bond motifs is 1. The van der Waals surface area contributed by atoms with E-state index in [2.05, 4.69) is 9.17 Å². The van der Waals surface area contributed by atoms with Crippen LogP contribution in [-0.4, -0.2) is 18.9 Å². The van der Waals surface area contributed by atoms with Crippen LogP contribution < -0.4 is 4.18 Å². The summed E-state index contributed by atoms with van der Waals surface area (Å²) in [6.07, 6.45) is 1.55. The quantitative estimate of drug-likeness (QED) is 0.630. The van der Waals surface area contributed by atoms with Gasteiger partial charge >= 0.3 is 15.6 Å². The minimum absolute atomic E-state index is 0.402. The van der Waals surface area contributed by atoms with E-state index >= 15 is 0 Å². The van der Waals surface area contributed by atoms with Crippen LogP contribution in [0.2, 0.25) is 0 Å². The van der Waals surface area contributed by atoms with Crippen molar-refractivity contribution in [3.63, 3.8) is 0 Å². The summed E-state index contributed by atoms with van der Waals surface area (Å²) in [6.45, 7) is 1.73. The van der Waals surface area contributed by atoms with Crippen LogP contribution in [0.25, 0.3) is 10.9 Å². The highest BCUT2D eigenvalue weighted by atomic mass is 32.2. The molecule has 1 aromatic carbocycles. The van der Waals surface area contributed by atoms with Crippen molar-refractivity contribution in [2.45, 2.75) is 12.4 Å². The number of aryl methyl sites for hydroxylation is 1. The molecule has 2 rings (SSSR count). The summed E-state index contributed by atoms with van der Waals surface area (Å²) < 4.78 is 62.4. The van der Waals surface area contributed by atoms with Crippen molar-refractivity contribution in [3.05, 3.63) is 36.0 Å². The van der Waals surface area contributed by atoms with Gasteiger partial charge in [-0.2, -0.15) is 21.6 Å². The molecule has 0 spiro atoms. The number of halogens is 3. The molecule has 19 heavy (non-hydrogen) atoms. The summed E-state index contributed by atoms with van der Waals surface area (Å²) in [4.78, 5) is 4.00. The Hall–Kier alpha value is -1.83. The molecule has 0 aliphatic heterocycles. The van der Waals surface area contributed by atoms with Crippen LogP contribution in [-0.2, 0) is 10.1 Å². The topological polar surface area (TPSA) is 56.3 Å². The monoisotopic (exact) mass is 291 g/mol. The van der Waals surface area contributed by atoms with Gasteiger partial charge in [0.2, 0.25) is 0 Å². The Bertz CT molecular complexity index is 726. The molecule has 1 aromatic heterocycles. The largest absolute Gasteiger partial charge is 0.534 e. The number of alkyl halides is 3. The fourth-order valence-corrected chi connectivity index (χ4v) is 1.94. The summed E-state index contributed by atoms with van der Waals surface area (Å²) in [7, 11) is -5.65. The van der Waals surface area contributed by atoms with Crippen LogP contribution in [0.15, 0.2) is 30.5 Å². The Morgan fingerprint density at radius 1 is 1.21 bits per heavy atom. The molecule has 8 heteroatoms. The fraction of sp³-hybridized carbons (Fsp3) is 0.182. The highest BCUT2D eigenvalue weighted by Crippen LogP contribution is 2.29. The van der Waals surface area contributed by atoms with E-state index in [1.807, 2.05) is 0 Å². The zero-order chi connectivity index (χ0) is 14.3. The molecule has 0 atom stereocenters. The van der Waals surface area contributed by atoms with E-state index in [-0.39, 0.29) is 0 Å². The first-order valence-electron chi connectivity index (χ1n) is 5.07. The van der Waals surface area contributed by atoms with Gasteiger partial charge in [-0.1, -0.05) is 0 Å². The molecule has 0 saturated carbocycles. The number of nitrogens with zero attached hydrogens (tertiary/aromatic N) is 1. The Morgan fingerprint density at radius 2 is 1.89 bits per heavy atom. The van der Waals surface area contributed by atoms with Crippen LogP contribution in [0, 0.1) is 6.92 Å². The van der Waals surface area contributed by atoms with Gasteiger partial charge in [-0.15, -0.1) is 0 Å². The number of hydrogen-bond donors (Lipinski definition) is 0. The van der Waals surface area contributed by atoms with Crippen molar-refractivity contribution >= 4 is 21.0 Å². The number of aromatic nitrogens is 1. The van der Waals surface area contributed by atoms with E-state index in [4.69, 9.17) is 0 Å². The third-order valence-electron chi connectivity index (χ3n) is 2.42. The van der Waals surface area contributed by atoms with E-state index in [1.165, 1.54) is 12.1 Å². The molecule has 4 nitrogen and oxygen atoms in total. The third-order valence-corrected chi connectivity index (χ3v) is 3.40. The molecular formula is C11H8F3NO3S. The van der Waals surface area contributed by atoms with Crippen molar-refractivity contribution < 1.29 is 25.8 Å². The van der Waals surface area contributed by atoms with Crippen molar-refractivity contribution in [1.82, 2.24) is 4.98 Å². The van der Waals surface area contributed by atoms with Gasteiger partial charge in [0.1, 0.15) is 5.75 Å². The second kappa shape index (κ2) is 4.37. The van der Waals surface area contributed by atoms with Gasteiger partial charge in [-0.05, 0) is 36.8 Å². The predicted molar refractivity (Wildman–Crippen MR) is 62.1 cm³/mol. The van der Waals surface area contributed by atoms with Crippen LogP contribution in [0.5, 0.6) is 5.75 Å². The van der Waals surface area contributed by atoms with Crippen molar-refractivity contribution in [3.8, 4) is 5.75 Å². The number of hydrogen-bond acceptors (Lipinski definition) is 4. The molecule has 0 bridgehead atoms. The van der Waals surface area contributed by atoms with Gasteiger partial charge in [0, 0.05) is 11.6 Å². The lowest BCUT2D eigenvalue weighted by Gasteiger charge is -2.10. The predicted octanol–water partition coefficient (Wildman–Crippen LogP) is 2.77. The fourth-order valence-electron chi connectivity index (χ4n) is 1.49. The molecule has 102 valence electrons. The van der Waals surface area contributed by atoms with Gasteiger partial charge in [0.05, 0.1) is 5.52 Å². The Labute approximate surface area is 107 Å². The Kier molecular flexibility index (Phi) is 3.13. The number of benzene rings is 1. The average Bonchev–Trinajstić information content (AvgIpc) is 2.28. The maximum Gasteiger partial charge on any atom is 0.534 e. The van der Waals surface area contributed by atoms with Crippen LogP contribution >= 0.6 is 0 Å². The SMILES string of the molecule is Cc1ccnc2ccc(OS(=O)(=O)C(F)(F)F)cc12. The third kappa shape index (κ3) is 2.62. The van der Waals surface area contributed by atoms with Gasteiger partial charge in [0.25, 0.3) is 0 Å². The summed E-state index contributed by atoms with van der Waals surface area (Å²) in [6, 6.07) is 5.38. The van der Waals surface area contributed by atoms with Crippen molar-refractivity contribution in [2.24, 2.45) is 0 Å². The smallest absolute Gasteiger partial charge is 0.376 e. The molecular weight excluding hydrogens is 283 g/mol. The maximum absolute atomic E-state index is 12.2. The molecule has 0 amide bonds. The Morgan fingerprint density at radius 3 is 2.53 bits per heavy atom.